The van der Waals surface area contributed by atoms with Crippen LogP contribution in [0.2, 0.25) is 0 Å². The van der Waals surface area contributed by atoms with Gasteiger partial charge in [-0.15, -0.1) is 0 Å². The fourth-order valence-corrected chi connectivity index (χ4v) is 4.10. The zero-order chi connectivity index (χ0) is 24.1. The van der Waals surface area contributed by atoms with Crippen molar-refractivity contribution < 1.29 is 18.8 Å². The molecule has 3 aromatic heterocycles. The summed E-state index contributed by atoms with van der Waals surface area (Å²) in [5, 5.41) is 3.30. The number of carbonyl (C=O) groups excluding carboxylic acids is 1. The van der Waals surface area contributed by atoms with Crippen LogP contribution < -0.4 is 21.2 Å². The lowest BCUT2D eigenvalue weighted by Gasteiger charge is -2.26. The van der Waals surface area contributed by atoms with Crippen molar-refractivity contribution in [2.75, 3.05) is 51.7 Å². The van der Waals surface area contributed by atoms with Gasteiger partial charge in [-0.3, -0.25) is 18.9 Å². The van der Waals surface area contributed by atoms with E-state index >= 15 is 0 Å². The Balaban J connectivity index is 1.65. The molecule has 0 spiro atoms. The predicted molar refractivity (Wildman–Crippen MR) is 129 cm³/mol. The number of morpholine rings is 1. The number of rotatable bonds is 9. The summed E-state index contributed by atoms with van der Waals surface area (Å²) in [5.74, 6) is -0.0227. The highest BCUT2D eigenvalue weighted by molar-refractivity contribution is 6.00. The Morgan fingerprint density at radius 1 is 1.32 bits per heavy atom. The molecule has 1 fully saturated rings. The third-order valence-corrected chi connectivity index (χ3v) is 5.90. The first-order chi connectivity index (χ1) is 16.5. The van der Waals surface area contributed by atoms with Crippen molar-refractivity contribution in [3.05, 3.63) is 46.4 Å². The average molecular weight is 470 g/mol. The van der Waals surface area contributed by atoms with Gasteiger partial charge >= 0.3 is 0 Å². The average Bonchev–Trinajstić information content (AvgIpc) is 2.83. The molecule has 4 rings (SSSR count). The number of nitrogens with one attached hydrogen (secondary N) is 1. The zero-order valence-corrected chi connectivity index (χ0v) is 19.8. The number of anilines is 1. The standard InChI is InChI=1S/C24H32N6O4/c1-17(2)34-13-5-9-30-21(25)18(23(31)26-7-10-28-11-14-33-15-12-28)16-19-22(30)27-20-6-3-4-8-29(20)24(19)32/h3-4,6,8,16-17,25H,5,7,9-15H2,1-2H3,(H,26,31)/p+1. The lowest BCUT2D eigenvalue weighted by Crippen LogP contribution is -2.44. The van der Waals surface area contributed by atoms with Gasteiger partial charge in [-0.2, -0.15) is 0 Å². The van der Waals surface area contributed by atoms with Crippen LogP contribution in [0.5, 0.6) is 0 Å². The molecule has 1 aliphatic heterocycles. The second-order valence-corrected chi connectivity index (χ2v) is 8.66. The van der Waals surface area contributed by atoms with Crippen LogP contribution in [-0.2, 0) is 16.0 Å². The molecule has 10 heteroatoms. The van der Waals surface area contributed by atoms with Crippen molar-refractivity contribution >= 4 is 28.4 Å². The van der Waals surface area contributed by atoms with E-state index in [2.05, 4.69) is 10.2 Å². The summed E-state index contributed by atoms with van der Waals surface area (Å²) in [6, 6.07) is 6.93. The Morgan fingerprint density at radius 2 is 2.12 bits per heavy atom. The van der Waals surface area contributed by atoms with Gasteiger partial charge in [0.25, 0.3) is 17.1 Å². The highest BCUT2D eigenvalue weighted by Gasteiger charge is 2.24. The summed E-state index contributed by atoms with van der Waals surface area (Å²) in [6.07, 6.45) is 2.46. The monoisotopic (exact) mass is 469 g/mol. The number of fused-ring (bicyclic) bond motifs is 2. The molecule has 0 bridgehead atoms. The summed E-state index contributed by atoms with van der Waals surface area (Å²) < 4.78 is 14.3. The van der Waals surface area contributed by atoms with Gasteiger partial charge < -0.3 is 20.5 Å². The van der Waals surface area contributed by atoms with Crippen molar-refractivity contribution in [1.29, 1.82) is 0 Å². The highest BCUT2D eigenvalue weighted by Crippen LogP contribution is 2.15. The van der Waals surface area contributed by atoms with Crippen LogP contribution in [0.25, 0.3) is 16.7 Å². The van der Waals surface area contributed by atoms with E-state index in [-0.39, 0.29) is 29.0 Å². The molecule has 3 N–H and O–H groups in total. The first-order valence-electron chi connectivity index (χ1n) is 11.8. The third-order valence-electron chi connectivity index (χ3n) is 5.90. The molecule has 4 heterocycles. The maximum absolute atomic E-state index is 13.3. The van der Waals surface area contributed by atoms with E-state index < -0.39 is 0 Å². The Kier molecular flexibility index (Phi) is 7.71. The molecule has 34 heavy (non-hydrogen) atoms. The molecule has 0 aliphatic carbocycles. The lowest BCUT2D eigenvalue weighted by atomic mass is 10.1. The smallest absolute Gasteiger partial charge is 0.278 e. The number of aryl methyl sites for hydroxylation is 1. The summed E-state index contributed by atoms with van der Waals surface area (Å²) in [5.41, 5.74) is 7.50. The molecular weight excluding hydrogens is 436 g/mol. The number of hydrogen-bond acceptors (Lipinski definition) is 7. The van der Waals surface area contributed by atoms with E-state index in [4.69, 9.17) is 20.2 Å². The SMILES string of the molecule is CC(C)OCCC[n+]1c(N)c(C(=O)NCCN2CCOCC2)cc2c(=O)n3ccccc3nc21. The number of carbonyl (C=O) groups is 1. The van der Waals surface area contributed by atoms with Gasteiger partial charge in [-0.1, -0.05) is 11.1 Å². The van der Waals surface area contributed by atoms with Crippen molar-refractivity contribution in [2.24, 2.45) is 0 Å². The van der Waals surface area contributed by atoms with Crippen LogP contribution in [0.15, 0.2) is 35.3 Å². The molecule has 10 nitrogen and oxygen atoms in total. The quantitative estimate of drug-likeness (QED) is 0.268. The van der Waals surface area contributed by atoms with Gasteiger partial charge in [0, 0.05) is 45.4 Å². The van der Waals surface area contributed by atoms with Crippen LogP contribution in [-0.4, -0.2) is 72.3 Å². The second kappa shape index (κ2) is 10.9. The third kappa shape index (κ3) is 5.35. The van der Waals surface area contributed by atoms with Gasteiger partial charge in [0.1, 0.15) is 10.9 Å². The Labute approximate surface area is 198 Å². The summed E-state index contributed by atoms with van der Waals surface area (Å²) in [7, 11) is 0. The maximum atomic E-state index is 13.3. The number of hydrogen-bond donors (Lipinski definition) is 2. The number of nitrogens with two attached hydrogens (primary N) is 1. The van der Waals surface area contributed by atoms with Crippen molar-refractivity contribution in [1.82, 2.24) is 19.6 Å². The van der Waals surface area contributed by atoms with E-state index in [1.807, 2.05) is 19.9 Å². The number of aromatic nitrogens is 3. The van der Waals surface area contributed by atoms with Gasteiger partial charge in [0.15, 0.2) is 0 Å². The van der Waals surface area contributed by atoms with Crippen LogP contribution in [0.3, 0.4) is 0 Å². The summed E-state index contributed by atoms with van der Waals surface area (Å²) >= 11 is 0. The first kappa shape index (κ1) is 24.1. The van der Waals surface area contributed by atoms with Crippen LogP contribution in [0, 0.1) is 0 Å². The maximum Gasteiger partial charge on any atom is 0.278 e. The van der Waals surface area contributed by atoms with Crippen LogP contribution >= 0.6 is 0 Å². The van der Waals surface area contributed by atoms with Crippen molar-refractivity contribution in [2.45, 2.75) is 32.9 Å². The molecule has 0 saturated carbocycles. The largest absolute Gasteiger partial charge is 0.379 e. The molecule has 1 amide bonds. The van der Waals surface area contributed by atoms with E-state index in [9.17, 15) is 9.59 Å². The minimum atomic E-state index is -0.308. The van der Waals surface area contributed by atoms with Crippen molar-refractivity contribution in [3.63, 3.8) is 0 Å². The van der Waals surface area contributed by atoms with Crippen molar-refractivity contribution in [3.8, 4) is 0 Å². The summed E-state index contributed by atoms with van der Waals surface area (Å²) in [4.78, 5) is 33.3. The molecule has 3 aromatic rings. The molecule has 0 aromatic carbocycles. The first-order valence-corrected chi connectivity index (χ1v) is 11.8. The minimum Gasteiger partial charge on any atom is -0.379 e. The fourth-order valence-electron chi connectivity index (χ4n) is 4.10. The van der Waals surface area contributed by atoms with E-state index in [1.165, 1.54) is 4.40 Å². The molecule has 182 valence electrons. The van der Waals surface area contributed by atoms with E-state index in [0.29, 0.717) is 56.0 Å². The second-order valence-electron chi connectivity index (χ2n) is 8.66. The topological polar surface area (TPSA) is 115 Å². The van der Waals surface area contributed by atoms with E-state index in [0.717, 1.165) is 19.6 Å². The fraction of sp³-hybridized carbons (Fsp3) is 0.500. The number of ether oxygens (including phenoxy) is 2. The van der Waals surface area contributed by atoms with Crippen LogP contribution in [0.1, 0.15) is 30.6 Å². The van der Waals surface area contributed by atoms with Gasteiger partial charge in [0.2, 0.25) is 11.5 Å². The molecule has 1 saturated heterocycles. The van der Waals surface area contributed by atoms with Gasteiger partial charge in [-0.25, -0.2) is 4.57 Å². The number of amides is 1. The molecule has 0 unspecified atom stereocenters. The number of nitrogens with zero attached hydrogens (tertiary/aromatic N) is 4. The highest BCUT2D eigenvalue weighted by atomic mass is 16.5. The van der Waals surface area contributed by atoms with Crippen LogP contribution in [0.4, 0.5) is 5.82 Å². The Bertz CT molecular complexity index is 1220. The normalized spacial score (nSPS) is 14.8. The molecule has 0 radical (unpaired) electrons. The lowest BCUT2D eigenvalue weighted by molar-refractivity contribution is -0.659. The molecule has 1 aliphatic rings. The molecule has 0 atom stereocenters. The predicted octanol–water partition coefficient (Wildman–Crippen LogP) is 0.595. The van der Waals surface area contributed by atoms with E-state index in [1.54, 1.807) is 29.0 Å². The Hall–Kier alpha value is -3.08. The zero-order valence-electron chi connectivity index (χ0n) is 19.8. The number of pyridine rings is 2. The Morgan fingerprint density at radius 3 is 2.88 bits per heavy atom. The van der Waals surface area contributed by atoms with Gasteiger partial charge in [0.05, 0.1) is 25.9 Å². The minimum absolute atomic E-state index is 0.120. The number of nitrogen functional groups attached to an aromatic ring is 1. The van der Waals surface area contributed by atoms with Gasteiger partial charge in [-0.05, 0) is 32.0 Å². The summed E-state index contributed by atoms with van der Waals surface area (Å²) in [6.45, 7) is 9.28. The molecular formula is C24H33N6O4+.